The van der Waals surface area contributed by atoms with Crippen molar-refractivity contribution in [2.75, 3.05) is 13.1 Å². The van der Waals surface area contributed by atoms with Crippen molar-refractivity contribution in [3.05, 3.63) is 51.0 Å². The molecule has 4 nitrogen and oxygen atoms in total. The number of rotatable bonds is 3. The van der Waals surface area contributed by atoms with E-state index in [1.54, 1.807) is 11.3 Å². The number of aryl methyl sites for hydroxylation is 2. The average molecular weight is 456 g/mol. The lowest BCUT2D eigenvalue weighted by Gasteiger charge is -2.31. The van der Waals surface area contributed by atoms with Crippen LogP contribution in [0.3, 0.4) is 0 Å². The highest BCUT2D eigenvalue weighted by atomic mass is 127. The molecule has 2 heterocycles. The molecule has 0 amide bonds. The van der Waals surface area contributed by atoms with E-state index in [0.29, 0.717) is 6.54 Å². The highest BCUT2D eigenvalue weighted by Gasteiger charge is 2.18. The lowest BCUT2D eigenvalue weighted by Crippen LogP contribution is -2.44. The van der Waals surface area contributed by atoms with Crippen molar-refractivity contribution in [3.8, 4) is 0 Å². The van der Waals surface area contributed by atoms with Crippen LogP contribution in [-0.4, -0.2) is 28.9 Å². The summed E-state index contributed by atoms with van der Waals surface area (Å²) >= 11 is 1.75. The summed E-state index contributed by atoms with van der Waals surface area (Å²) in [5.41, 5.74) is 3.98. The van der Waals surface area contributed by atoms with Gasteiger partial charge in [-0.15, -0.1) is 35.3 Å². The average Bonchev–Trinajstić information content (AvgIpc) is 2.88. The highest BCUT2D eigenvalue weighted by molar-refractivity contribution is 14.0. The molecule has 0 radical (unpaired) electrons. The molecule has 1 aromatic carbocycles. The standard InChI is InChI=1S/C18H24N4S.HI/c1-4-19-18(20-11-17-13(2)21-14(3)23-17)22-10-9-15-7-5-6-8-16(15)12-22;/h5-8H,4,9-12H2,1-3H3,(H,19,20);1H. The van der Waals surface area contributed by atoms with E-state index >= 15 is 0 Å². The second-order valence-electron chi connectivity index (χ2n) is 5.85. The molecule has 130 valence electrons. The summed E-state index contributed by atoms with van der Waals surface area (Å²) in [4.78, 5) is 13.0. The summed E-state index contributed by atoms with van der Waals surface area (Å²) < 4.78 is 0. The molecule has 1 aliphatic heterocycles. The van der Waals surface area contributed by atoms with E-state index in [1.807, 2.05) is 0 Å². The van der Waals surface area contributed by atoms with Gasteiger partial charge in [0.2, 0.25) is 0 Å². The van der Waals surface area contributed by atoms with Gasteiger partial charge in [0.15, 0.2) is 5.96 Å². The minimum Gasteiger partial charge on any atom is -0.356 e. The van der Waals surface area contributed by atoms with Gasteiger partial charge in [-0.25, -0.2) is 9.98 Å². The highest BCUT2D eigenvalue weighted by Crippen LogP contribution is 2.20. The Kier molecular flexibility index (Phi) is 7.03. The third-order valence-corrected chi connectivity index (χ3v) is 5.19. The lowest BCUT2D eigenvalue weighted by molar-refractivity contribution is 0.378. The number of guanidine groups is 1. The number of hydrogen-bond acceptors (Lipinski definition) is 3. The molecular weight excluding hydrogens is 431 g/mol. The molecule has 0 aliphatic carbocycles. The normalized spacial score (nSPS) is 14.1. The molecule has 1 N–H and O–H groups in total. The molecule has 0 atom stereocenters. The Labute approximate surface area is 165 Å². The van der Waals surface area contributed by atoms with Gasteiger partial charge >= 0.3 is 0 Å². The van der Waals surface area contributed by atoms with Crippen LogP contribution < -0.4 is 5.32 Å². The summed E-state index contributed by atoms with van der Waals surface area (Å²) in [6, 6.07) is 8.71. The topological polar surface area (TPSA) is 40.5 Å². The second kappa shape index (κ2) is 8.80. The summed E-state index contributed by atoms with van der Waals surface area (Å²) in [6.07, 6.45) is 1.08. The number of aromatic nitrogens is 1. The van der Waals surface area contributed by atoms with E-state index in [1.165, 1.54) is 16.0 Å². The van der Waals surface area contributed by atoms with Gasteiger partial charge in [-0.1, -0.05) is 24.3 Å². The van der Waals surface area contributed by atoms with Gasteiger partial charge in [0.25, 0.3) is 0 Å². The number of aliphatic imine (C=N–C) groups is 1. The van der Waals surface area contributed by atoms with Crippen molar-refractivity contribution in [2.45, 2.75) is 40.3 Å². The zero-order chi connectivity index (χ0) is 16.2. The largest absolute Gasteiger partial charge is 0.356 e. The Bertz CT molecular complexity index is 711. The Morgan fingerprint density at radius 3 is 2.71 bits per heavy atom. The zero-order valence-electron chi connectivity index (χ0n) is 14.5. The van der Waals surface area contributed by atoms with Gasteiger partial charge < -0.3 is 10.2 Å². The van der Waals surface area contributed by atoms with Gasteiger partial charge in [-0.05, 0) is 38.3 Å². The van der Waals surface area contributed by atoms with Crippen molar-refractivity contribution in [1.29, 1.82) is 0 Å². The Hall–Kier alpha value is -1.15. The number of benzene rings is 1. The van der Waals surface area contributed by atoms with Gasteiger partial charge in [0.05, 0.1) is 17.2 Å². The monoisotopic (exact) mass is 456 g/mol. The second-order valence-corrected chi connectivity index (χ2v) is 7.14. The molecule has 24 heavy (non-hydrogen) atoms. The maximum atomic E-state index is 4.86. The Morgan fingerprint density at radius 1 is 1.29 bits per heavy atom. The molecule has 0 spiro atoms. The molecule has 0 fully saturated rings. The zero-order valence-corrected chi connectivity index (χ0v) is 17.6. The number of nitrogens with zero attached hydrogens (tertiary/aromatic N) is 3. The first-order chi connectivity index (χ1) is 11.2. The van der Waals surface area contributed by atoms with Gasteiger partial charge in [0.1, 0.15) is 0 Å². The molecular formula is C18H25IN4S. The smallest absolute Gasteiger partial charge is 0.194 e. The van der Waals surface area contributed by atoms with E-state index in [0.717, 1.165) is 42.7 Å². The number of nitrogens with one attached hydrogen (secondary N) is 1. The fourth-order valence-electron chi connectivity index (χ4n) is 2.97. The van der Waals surface area contributed by atoms with Crippen molar-refractivity contribution < 1.29 is 0 Å². The fraction of sp³-hybridized carbons (Fsp3) is 0.444. The van der Waals surface area contributed by atoms with Crippen molar-refractivity contribution >= 4 is 41.3 Å². The number of hydrogen-bond donors (Lipinski definition) is 1. The maximum absolute atomic E-state index is 4.86. The first-order valence-corrected chi connectivity index (χ1v) is 9.02. The van der Waals surface area contributed by atoms with Crippen LogP contribution in [0.25, 0.3) is 0 Å². The minimum absolute atomic E-state index is 0. The minimum atomic E-state index is 0. The van der Waals surface area contributed by atoms with E-state index in [2.05, 4.69) is 60.2 Å². The van der Waals surface area contributed by atoms with Crippen LogP contribution in [0.2, 0.25) is 0 Å². The molecule has 3 rings (SSSR count). The Balaban J connectivity index is 0.00000208. The van der Waals surface area contributed by atoms with Crippen LogP contribution in [0.5, 0.6) is 0 Å². The van der Waals surface area contributed by atoms with E-state index < -0.39 is 0 Å². The van der Waals surface area contributed by atoms with Gasteiger partial charge in [-0.3, -0.25) is 0 Å². The van der Waals surface area contributed by atoms with Crippen LogP contribution in [0.4, 0.5) is 0 Å². The predicted octanol–water partition coefficient (Wildman–Crippen LogP) is 3.90. The number of halogens is 1. The first-order valence-electron chi connectivity index (χ1n) is 8.20. The fourth-order valence-corrected chi connectivity index (χ4v) is 3.83. The molecule has 1 aliphatic rings. The molecule has 0 saturated heterocycles. The van der Waals surface area contributed by atoms with Crippen LogP contribution in [0, 0.1) is 13.8 Å². The molecule has 1 aromatic heterocycles. The van der Waals surface area contributed by atoms with Crippen LogP contribution in [0.1, 0.15) is 33.6 Å². The van der Waals surface area contributed by atoms with Crippen LogP contribution in [-0.2, 0) is 19.5 Å². The third kappa shape index (κ3) is 4.47. The van der Waals surface area contributed by atoms with E-state index in [-0.39, 0.29) is 24.0 Å². The van der Waals surface area contributed by atoms with Gasteiger partial charge in [-0.2, -0.15) is 0 Å². The molecule has 0 bridgehead atoms. The van der Waals surface area contributed by atoms with Crippen LogP contribution in [0.15, 0.2) is 29.3 Å². The van der Waals surface area contributed by atoms with Crippen molar-refractivity contribution in [3.63, 3.8) is 0 Å². The summed E-state index contributed by atoms with van der Waals surface area (Å²) in [6.45, 7) is 9.79. The SMILES string of the molecule is CCNC(=NCc1sc(C)nc1C)N1CCc2ccccc2C1.I. The lowest BCUT2D eigenvalue weighted by atomic mass is 10.0. The molecule has 6 heteroatoms. The number of fused-ring (bicyclic) bond motifs is 1. The van der Waals surface area contributed by atoms with Crippen molar-refractivity contribution in [1.82, 2.24) is 15.2 Å². The quantitative estimate of drug-likeness (QED) is 0.433. The predicted molar refractivity (Wildman–Crippen MR) is 112 cm³/mol. The van der Waals surface area contributed by atoms with Gasteiger partial charge in [0, 0.05) is 24.5 Å². The van der Waals surface area contributed by atoms with Crippen molar-refractivity contribution in [2.24, 2.45) is 4.99 Å². The van der Waals surface area contributed by atoms with E-state index in [4.69, 9.17) is 4.99 Å². The Morgan fingerprint density at radius 2 is 2.04 bits per heavy atom. The maximum Gasteiger partial charge on any atom is 0.194 e. The molecule has 0 saturated carbocycles. The van der Waals surface area contributed by atoms with E-state index in [9.17, 15) is 0 Å². The summed E-state index contributed by atoms with van der Waals surface area (Å²) in [5.74, 6) is 1.01. The molecule has 0 unspecified atom stereocenters. The number of thiazole rings is 1. The third-order valence-electron chi connectivity index (χ3n) is 4.14. The first kappa shape index (κ1) is 19.2. The van der Waals surface area contributed by atoms with Crippen LogP contribution >= 0.6 is 35.3 Å². The summed E-state index contributed by atoms with van der Waals surface area (Å²) in [7, 11) is 0. The molecule has 2 aromatic rings. The summed E-state index contributed by atoms with van der Waals surface area (Å²) in [5, 5.41) is 4.56.